The predicted octanol–water partition coefficient (Wildman–Crippen LogP) is 0.283. The quantitative estimate of drug-likeness (QED) is 0.0969. The number of carbonyl (C=O) groups is 4. The Morgan fingerprint density at radius 2 is 0.571 bits per heavy atom. The number of carboxylic acid groups (broad SMARTS) is 4. The van der Waals surface area contributed by atoms with Gasteiger partial charge < -0.3 is 51.1 Å². The van der Waals surface area contributed by atoms with E-state index in [9.17, 15) is 19.2 Å². The van der Waals surface area contributed by atoms with Crippen molar-refractivity contribution in [1.82, 2.24) is 0 Å². The van der Waals surface area contributed by atoms with Gasteiger partial charge >= 0.3 is 23.9 Å². The van der Waals surface area contributed by atoms with Gasteiger partial charge in [0.05, 0.1) is 65.3 Å². The van der Waals surface area contributed by atoms with Gasteiger partial charge in [-0.1, -0.05) is 13.8 Å². The van der Waals surface area contributed by atoms with Crippen molar-refractivity contribution in [3.05, 3.63) is 0 Å². The average molecular weight is 693 g/mol. The summed E-state index contributed by atoms with van der Waals surface area (Å²) < 4.78 is 0. The topological polar surface area (TPSA) is 271 Å². The lowest BCUT2D eigenvalue weighted by Gasteiger charge is -2.24. The molecule has 0 aromatic carbocycles. The van der Waals surface area contributed by atoms with Gasteiger partial charge in [-0.3, -0.25) is 19.2 Å². The lowest BCUT2D eigenvalue weighted by atomic mass is 9.88. The number of aliphatic carboxylic acids is 4. The minimum absolute atomic E-state index is 0.156. The summed E-state index contributed by atoms with van der Waals surface area (Å²) in [6.45, 7) is 2.71. The van der Waals surface area contributed by atoms with E-state index in [1.54, 1.807) is 0 Å². The number of rotatable bonds is 16. The van der Waals surface area contributed by atoms with Crippen LogP contribution in [0.2, 0.25) is 0 Å². The summed E-state index contributed by atoms with van der Waals surface area (Å²) in [4.78, 5) is 38.2. The van der Waals surface area contributed by atoms with Crippen LogP contribution in [-0.4, -0.2) is 138 Å². The van der Waals surface area contributed by atoms with Gasteiger partial charge in [0.1, 0.15) is 0 Å². The molecule has 0 aliphatic rings. The Kier molecular flexibility index (Phi) is 51.1. The zero-order valence-electron chi connectivity index (χ0n) is 24.2. The highest BCUT2D eigenvalue weighted by Crippen LogP contribution is 2.18. The van der Waals surface area contributed by atoms with E-state index in [1.807, 2.05) is 13.8 Å². The van der Waals surface area contributed by atoms with Gasteiger partial charge in [0.2, 0.25) is 0 Å². The Bertz CT molecular complexity index is 501. The van der Waals surface area contributed by atoms with Crippen molar-refractivity contribution in [3.8, 4) is 0 Å². The van der Waals surface area contributed by atoms with E-state index in [-0.39, 0.29) is 65.3 Å². The molecule has 14 nitrogen and oxygen atoms in total. The SMILES string of the molecule is CCC(CO)(CO)CO.CCC(CO)(CO)CO.O=C(O)CCS.O=C(O)CCS.O=C(O)CCS.O=C(O)CCS. The molecule has 0 amide bonds. The van der Waals surface area contributed by atoms with Crippen LogP contribution in [0.25, 0.3) is 0 Å². The largest absolute Gasteiger partial charge is 0.481 e. The Labute approximate surface area is 269 Å². The second-order valence-corrected chi connectivity index (χ2v) is 9.91. The maximum atomic E-state index is 9.55. The number of carboxylic acids is 4. The molecule has 0 spiro atoms. The van der Waals surface area contributed by atoms with E-state index in [4.69, 9.17) is 51.1 Å². The monoisotopic (exact) mass is 692 g/mol. The molecule has 0 saturated carbocycles. The van der Waals surface area contributed by atoms with E-state index in [0.29, 0.717) is 35.9 Å². The highest BCUT2D eigenvalue weighted by molar-refractivity contribution is 7.80. The molecular weight excluding hydrogens is 641 g/mol. The van der Waals surface area contributed by atoms with Crippen LogP contribution in [0.3, 0.4) is 0 Å². The highest BCUT2D eigenvalue weighted by atomic mass is 32.1. The molecule has 0 radical (unpaired) electrons. The van der Waals surface area contributed by atoms with Crippen molar-refractivity contribution in [3.63, 3.8) is 0 Å². The summed E-state index contributed by atoms with van der Waals surface area (Å²) in [5.41, 5.74) is -1.33. The van der Waals surface area contributed by atoms with Crippen LogP contribution in [-0.2, 0) is 19.2 Å². The molecule has 0 aromatic rings. The fourth-order valence-corrected chi connectivity index (χ4v) is 2.12. The standard InChI is InChI=1S/2C6H14O3.4C3H6O2S/c2*1-2-6(3-7,4-8)5-9;4*4-3(5)1-2-6/h2*7-9H,2-5H2,1H3;4*6H,1-2H2,(H,4,5). The van der Waals surface area contributed by atoms with Crippen molar-refractivity contribution < 1.29 is 70.2 Å². The van der Waals surface area contributed by atoms with Gasteiger partial charge in [-0.15, -0.1) is 0 Å². The second-order valence-electron chi connectivity index (χ2n) is 8.13. The van der Waals surface area contributed by atoms with E-state index >= 15 is 0 Å². The maximum absolute atomic E-state index is 9.55. The Hall–Kier alpha value is -0.960. The third-order valence-corrected chi connectivity index (χ3v) is 5.71. The number of aliphatic hydroxyl groups is 6. The molecule has 10 N–H and O–H groups in total. The summed E-state index contributed by atoms with van der Waals surface area (Å²) in [5.74, 6) is -1.44. The van der Waals surface area contributed by atoms with Gasteiger partial charge in [0.15, 0.2) is 0 Å². The Morgan fingerprint density at radius 1 is 0.429 bits per heavy atom. The van der Waals surface area contributed by atoms with Crippen molar-refractivity contribution >= 4 is 74.4 Å². The van der Waals surface area contributed by atoms with E-state index in [0.717, 1.165) is 0 Å². The van der Waals surface area contributed by atoms with Gasteiger partial charge in [0.25, 0.3) is 0 Å². The van der Waals surface area contributed by atoms with E-state index < -0.39 is 34.7 Å². The normalized spacial score (nSPS) is 9.81. The first kappa shape index (κ1) is 53.6. The average Bonchev–Trinajstić information content (AvgIpc) is 2.93. The molecular formula is C24H52O14S4. The molecule has 0 aliphatic carbocycles. The molecule has 256 valence electrons. The summed E-state index contributed by atoms with van der Waals surface area (Å²) in [6.07, 6.45) is 1.81. The number of hydrogen-bond acceptors (Lipinski definition) is 14. The fourth-order valence-electron chi connectivity index (χ4n) is 1.35. The van der Waals surface area contributed by atoms with E-state index in [1.165, 1.54) is 0 Å². The molecule has 0 aromatic heterocycles. The molecule has 0 rings (SSSR count). The summed E-state index contributed by atoms with van der Waals surface area (Å²) in [7, 11) is 0. The van der Waals surface area contributed by atoms with E-state index in [2.05, 4.69) is 50.5 Å². The third-order valence-electron chi connectivity index (χ3n) is 4.82. The smallest absolute Gasteiger partial charge is 0.304 e. The summed E-state index contributed by atoms with van der Waals surface area (Å²) in [5, 5.41) is 83.4. The van der Waals surface area contributed by atoms with Crippen LogP contribution < -0.4 is 0 Å². The van der Waals surface area contributed by atoms with Crippen LogP contribution in [0.4, 0.5) is 0 Å². The molecule has 0 aliphatic heterocycles. The van der Waals surface area contributed by atoms with Gasteiger partial charge in [-0.25, -0.2) is 0 Å². The van der Waals surface area contributed by atoms with Gasteiger partial charge in [-0.05, 0) is 12.8 Å². The van der Waals surface area contributed by atoms with Gasteiger partial charge in [-0.2, -0.15) is 50.5 Å². The minimum atomic E-state index is -0.787. The first-order valence-electron chi connectivity index (χ1n) is 12.5. The Morgan fingerprint density at radius 3 is 0.571 bits per heavy atom. The molecule has 18 heteroatoms. The van der Waals surface area contributed by atoms with Crippen molar-refractivity contribution in [2.45, 2.75) is 52.4 Å². The van der Waals surface area contributed by atoms with Crippen LogP contribution >= 0.6 is 50.5 Å². The fraction of sp³-hybridized carbons (Fsp3) is 0.833. The maximum Gasteiger partial charge on any atom is 0.304 e. The molecule has 0 fully saturated rings. The lowest BCUT2D eigenvalue weighted by Crippen LogP contribution is -2.32. The van der Waals surface area contributed by atoms with Crippen LogP contribution in [0, 0.1) is 10.8 Å². The van der Waals surface area contributed by atoms with Crippen molar-refractivity contribution in [2.75, 3.05) is 62.7 Å². The molecule has 0 atom stereocenters. The number of thiol groups is 4. The van der Waals surface area contributed by atoms with Crippen LogP contribution in [0.15, 0.2) is 0 Å². The third kappa shape index (κ3) is 46.0. The minimum Gasteiger partial charge on any atom is -0.481 e. The number of aliphatic hydroxyl groups excluding tert-OH is 6. The molecule has 42 heavy (non-hydrogen) atoms. The summed E-state index contributed by atoms with van der Waals surface area (Å²) >= 11 is 14.7. The van der Waals surface area contributed by atoms with Crippen molar-refractivity contribution in [1.29, 1.82) is 0 Å². The molecule has 0 heterocycles. The van der Waals surface area contributed by atoms with Crippen LogP contribution in [0.1, 0.15) is 52.4 Å². The van der Waals surface area contributed by atoms with Gasteiger partial charge in [0, 0.05) is 33.8 Å². The Balaban J connectivity index is -0.0000000936. The predicted molar refractivity (Wildman–Crippen MR) is 172 cm³/mol. The zero-order valence-corrected chi connectivity index (χ0v) is 27.8. The summed E-state index contributed by atoms with van der Waals surface area (Å²) in [6, 6.07) is 0. The first-order chi connectivity index (χ1) is 19.6. The zero-order chi connectivity index (χ0) is 34.6. The number of hydrogen-bond donors (Lipinski definition) is 14. The lowest BCUT2D eigenvalue weighted by molar-refractivity contribution is -0.137. The van der Waals surface area contributed by atoms with Crippen LogP contribution in [0.5, 0.6) is 0 Å². The molecule has 0 unspecified atom stereocenters. The molecule has 0 bridgehead atoms. The highest BCUT2D eigenvalue weighted by Gasteiger charge is 2.25. The van der Waals surface area contributed by atoms with Crippen molar-refractivity contribution in [2.24, 2.45) is 10.8 Å². The molecule has 0 saturated heterocycles. The first-order valence-corrected chi connectivity index (χ1v) is 15.1. The second kappa shape index (κ2) is 40.0.